The number of hydrogen-bond donors (Lipinski definition) is 0. The summed E-state index contributed by atoms with van der Waals surface area (Å²) in [5.41, 5.74) is 2.41. The van der Waals surface area contributed by atoms with Gasteiger partial charge >= 0.3 is 6.09 Å². The van der Waals surface area contributed by atoms with Gasteiger partial charge in [-0.05, 0) is 53.7 Å². The zero-order valence-corrected chi connectivity index (χ0v) is 14.9. The molecule has 0 saturated heterocycles. The number of hydrogen-bond acceptors (Lipinski definition) is 4. The average molecular weight is 389 g/mol. The number of nitrogens with zero attached hydrogens (tertiary/aromatic N) is 4. The predicted octanol–water partition coefficient (Wildman–Crippen LogP) is 4.13. The number of halogens is 1. The van der Waals surface area contributed by atoms with Gasteiger partial charge in [0.25, 0.3) is 0 Å². The van der Waals surface area contributed by atoms with E-state index in [4.69, 9.17) is 4.74 Å². The molecule has 0 N–H and O–H groups in total. The molecule has 0 amide bonds. The predicted molar refractivity (Wildman–Crippen MR) is 93.8 cm³/mol. The van der Waals surface area contributed by atoms with Gasteiger partial charge in [-0.1, -0.05) is 0 Å². The van der Waals surface area contributed by atoms with Crippen LogP contribution in [0.15, 0.2) is 35.3 Å². The van der Waals surface area contributed by atoms with Crippen molar-refractivity contribution in [1.29, 1.82) is 0 Å². The van der Waals surface area contributed by atoms with Gasteiger partial charge in [-0.15, -0.1) is 0 Å². The summed E-state index contributed by atoms with van der Waals surface area (Å²) in [6.07, 6.45) is 9.18. The van der Waals surface area contributed by atoms with E-state index in [1.54, 1.807) is 21.6 Å². The summed E-state index contributed by atoms with van der Waals surface area (Å²) in [7, 11) is 1.85. The minimum Gasteiger partial charge on any atom is -0.446 e. The van der Waals surface area contributed by atoms with E-state index in [2.05, 4.69) is 26.0 Å². The quantitative estimate of drug-likeness (QED) is 0.619. The molecule has 4 rings (SSSR count). The van der Waals surface area contributed by atoms with E-state index in [0.29, 0.717) is 4.60 Å². The van der Waals surface area contributed by atoms with Crippen LogP contribution in [0.3, 0.4) is 0 Å². The summed E-state index contributed by atoms with van der Waals surface area (Å²) in [5.74, 6) is 0. The SMILES string of the molecule is Cn1cc(-c2cc3cnc(Br)cc3n2C(=O)OC2CCCC2)cn1. The fraction of sp³-hybridized carbons (Fsp3) is 0.353. The fourth-order valence-corrected chi connectivity index (χ4v) is 3.56. The second-order valence-corrected chi connectivity index (χ2v) is 6.94. The lowest BCUT2D eigenvalue weighted by molar-refractivity contribution is 0.104. The minimum atomic E-state index is -0.339. The van der Waals surface area contributed by atoms with E-state index in [9.17, 15) is 4.79 Å². The molecule has 0 bridgehead atoms. The third kappa shape index (κ3) is 2.73. The van der Waals surface area contributed by atoms with Crippen molar-refractivity contribution in [3.8, 4) is 11.3 Å². The Morgan fingerprint density at radius 1 is 1.29 bits per heavy atom. The van der Waals surface area contributed by atoms with E-state index in [1.807, 2.05) is 25.4 Å². The van der Waals surface area contributed by atoms with Gasteiger partial charge in [0.2, 0.25) is 0 Å². The first-order chi connectivity index (χ1) is 11.6. The van der Waals surface area contributed by atoms with Gasteiger partial charge in [-0.3, -0.25) is 4.68 Å². The minimum absolute atomic E-state index is 0.0157. The molecule has 3 aromatic rings. The molecule has 6 nitrogen and oxygen atoms in total. The standard InChI is InChI=1S/C17H17BrN4O2/c1-21-10-12(9-20-21)14-6-11-8-19-16(18)7-15(11)22(14)17(23)24-13-4-2-3-5-13/h6-10,13H,2-5H2,1H3. The van der Waals surface area contributed by atoms with Gasteiger partial charge in [-0.2, -0.15) is 5.10 Å². The van der Waals surface area contributed by atoms with E-state index in [1.165, 1.54) is 0 Å². The fourth-order valence-electron chi connectivity index (χ4n) is 3.24. The van der Waals surface area contributed by atoms with Crippen molar-refractivity contribution in [2.45, 2.75) is 31.8 Å². The van der Waals surface area contributed by atoms with E-state index < -0.39 is 0 Å². The topological polar surface area (TPSA) is 61.9 Å². The summed E-state index contributed by atoms with van der Waals surface area (Å²) in [6.45, 7) is 0. The largest absolute Gasteiger partial charge is 0.446 e. The molecule has 124 valence electrons. The summed E-state index contributed by atoms with van der Waals surface area (Å²) in [4.78, 5) is 17.1. The first kappa shape index (κ1) is 15.4. The second kappa shape index (κ2) is 6.05. The Morgan fingerprint density at radius 2 is 2.08 bits per heavy atom. The maximum absolute atomic E-state index is 12.9. The van der Waals surface area contributed by atoms with Crippen molar-refractivity contribution in [2.75, 3.05) is 0 Å². The normalized spacial score (nSPS) is 15.2. The van der Waals surface area contributed by atoms with Gasteiger partial charge in [-0.25, -0.2) is 14.3 Å². The van der Waals surface area contributed by atoms with Gasteiger partial charge in [0.15, 0.2) is 0 Å². The van der Waals surface area contributed by atoms with Crippen LogP contribution in [0.2, 0.25) is 0 Å². The van der Waals surface area contributed by atoms with E-state index >= 15 is 0 Å². The molecular formula is C17H17BrN4O2. The van der Waals surface area contributed by atoms with Crippen molar-refractivity contribution in [3.63, 3.8) is 0 Å². The van der Waals surface area contributed by atoms with E-state index in [0.717, 1.165) is 47.8 Å². The highest BCUT2D eigenvalue weighted by atomic mass is 79.9. The van der Waals surface area contributed by atoms with Crippen LogP contribution in [0.1, 0.15) is 25.7 Å². The Morgan fingerprint density at radius 3 is 2.79 bits per heavy atom. The highest BCUT2D eigenvalue weighted by Gasteiger charge is 2.24. The van der Waals surface area contributed by atoms with Crippen molar-refractivity contribution in [3.05, 3.63) is 35.3 Å². The Labute approximate surface area is 147 Å². The van der Waals surface area contributed by atoms with Crippen LogP contribution >= 0.6 is 15.9 Å². The molecule has 0 radical (unpaired) electrons. The average Bonchev–Trinajstić information content (AvgIpc) is 3.26. The first-order valence-corrected chi connectivity index (χ1v) is 8.78. The number of aromatic nitrogens is 4. The van der Waals surface area contributed by atoms with Crippen molar-refractivity contribution in [2.24, 2.45) is 7.05 Å². The van der Waals surface area contributed by atoms with Crippen molar-refractivity contribution in [1.82, 2.24) is 19.3 Å². The van der Waals surface area contributed by atoms with Gasteiger partial charge in [0, 0.05) is 30.4 Å². The van der Waals surface area contributed by atoms with Crippen LogP contribution in [0.5, 0.6) is 0 Å². The molecular weight excluding hydrogens is 372 g/mol. The van der Waals surface area contributed by atoms with Crippen LogP contribution in [0.4, 0.5) is 4.79 Å². The Hall–Kier alpha value is -2.15. The maximum Gasteiger partial charge on any atom is 0.419 e. The van der Waals surface area contributed by atoms with Gasteiger partial charge in [0.05, 0.1) is 17.4 Å². The van der Waals surface area contributed by atoms with Crippen LogP contribution in [-0.2, 0) is 11.8 Å². The van der Waals surface area contributed by atoms with Gasteiger partial charge in [0.1, 0.15) is 10.7 Å². The Balaban J connectivity index is 1.83. The molecule has 0 atom stereocenters. The van der Waals surface area contributed by atoms with E-state index in [-0.39, 0.29) is 12.2 Å². The molecule has 0 aromatic carbocycles. The molecule has 1 fully saturated rings. The number of carbonyl (C=O) groups is 1. The zero-order valence-electron chi connectivity index (χ0n) is 13.3. The number of carbonyl (C=O) groups excluding carboxylic acids is 1. The number of fused-ring (bicyclic) bond motifs is 1. The lowest BCUT2D eigenvalue weighted by Crippen LogP contribution is -2.20. The molecule has 3 heterocycles. The first-order valence-electron chi connectivity index (χ1n) is 7.99. The molecule has 0 aliphatic heterocycles. The number of ether oxygens (including phenoxy) is 1. The van der Waals surface area contributed by atoms with Gasteiger partial charge < -0.3 is 4.74 Å². The smallest absolute Gasteiger partial charge is 0.419 e. The zero-order chi connectivity index (χ0) is 16.7. The highest BCUT2D eigenvalue weighted by molar-refractivity contribution is 9.10. The molecule has 1 aliphatic carbocycles. The van der Waals surface area contributed by atoms with Crippen molar-refractivity contribution < 1.29 is 9.53 Å². The molecule has 1 aliphatic rings. The summed E-state index contributed by atoms with van der Waals surface area (Å²) in [6, 6.07) is 3.78. The Kier molecular flexibility index (Phi) is 3.88. The molecule has 0 spiro atoms. The third-order valence-electron chi connectivity index (χ3n) is 4.41. The van der Waals surface area contributed by atoms with Crippen LogP contribution in [0.25, 0.3) is 22.2 Å². The summed E-state index contributed by atoms with van der Waals surface area (Å²) >= 11 is 3.38. The molecule has 3 aromatic heterocycles. The maximum atomic E-state index is 12.9. The summed E-state index contributed by atoms with van der Waals surface area (Å²) in [5, 5.41) is 5.10. The monoisotopic (exact) mass is 388 g/mol. The summed E-state index contributed by atoms with van der Waals surface area (Å²) < 4.78 is 9.75. The second-order valence-electron chi connectivity index (χ2n) is 6.12. The number of aryl methyl sites for hydroxylation is 1. The lowest BCUT2D eigenvalue weighted by Gasteiger charge is -2.14. The molecule has 0 unspecified atom stereocenters. The van der Waals surface area contributed by atoms with Crippen molar-refractivity contribution >= 4 is 32.9 Å². The molecule has 7 heteroatoms. The Bertz CT molecular complexity index is 909. The molecule has 24 heavy (non-hydrogen) atoms. The highest BCUT2D eigenvalue weighted by Crippen LogP contribution is 2.30. The number of pyridine rings is 1. The van der Waals surface area contributed by atoms with Crippen LogP contribution in [0, 0.1) is 0 Å². The molecule has 1 saturated carbocycles. The van der Waals surface area contributed by atoms with Crippen LogP contribution < -0.4 is 0 Å². The van der Waals surface area contributed by atoms with Crippen LogP contribution in [-0.4, -0.2) is 31.5 Å². The third-order valence-corrected chi connectivity index (χ3v) is 4.84. The number of rotatable bonds is 2. The lowest BCUT2D eigenvalue weighted by atomic mass is 10.2.